The smallest absolute Gasteiger partial charge is 0.191 e. The molecular weight excluding hydrogens is 226 g/mol. The molecule has 0 aliphatic heterocycles. The summed E-state index contributed by atoms with van der Waals surface area (Å²) >= 11 is 0. The summed E-state index contributed by atoms with van der Waals surface area (Å²) < 4.78 is 31.2. The summed E-state index contributed by atoms with van der Waals surface area (Å²) in [6.07, 6.45) is 0.309. The number of para-hydroxylation sites is 1. The number of Topliss-reactive ketones (excluding diaryl/α,β-unsaturated/α-hetero) is 1. The number of ketones is 1. The van der Waals surface area contributed by atoms with Gasteiger partial charge in [0.2, 0.25) is 0 Å². The van der Waals surface area contributed by atoms with Gasteiger partial charge in [-0.05, 0) is 17.5 Å². The molecule has 1 aromatic rings. The second-order valence-corrected chi connectivity index (χ2v) is 5.12. The van der Waals surface area contributed by atoms with E-state index in [9.17, 15) is 13.6 Å². The van der Waals surface area contributed by atoms with E-state index in [2.05, 4.69) is 0 Å². The first kappa shape index (κ1) is 13.6. The third-order valence-electron chi connectivity index (χ3n) is 2.02. The minimum Gasteiger partial charge on any atom is -0.480 e. The zero-order chi connectivity index (χ0) is 13.1. The van der Waals surface area contributed by atoms with Crippen LogP contribution in [0, 0.1) is 17.0 Å². The Hall–Kier alpha value is -1.45. The van der Waals surface area contributed by atoms with E-state index in [0.29, 0.717) is 6.42 Å². The molecule has 0 fully saturated rings. The molecule has 0 amide bonds. The number of ether oxygens (including phenoxy) is 1. The van der Waals surface area contributed by atoms with Gasteiger partial charge in [0, 0.05) is 6.42 Å². The van der Waals surface area contributed by atoms with Crippen LogP contribution in [0.4, 0.5) is 8.78 Å². The Balaban J connectivity index is 2.59. The van der Waals surface area contributed by atoms with Crippen molar-refractivity contribution in [3.8, 4) is 5.75 Å². The van der Waals surface area contributed by atoms with Gasteiger partial charge in [-0.3, -0.25) is 4.79 Å². The Kier molecular flexibility index (Phi) is 4.21. The van der Waals surface area contributed by atoms with E-state index in [1.807, 2.05) is 20.8 Å². The predicted octanol–water partition coefficient (Wildman–Crippen LogP) is 3.35. The first-order valence-corrected chi connectivity index (χ1v) is 5.38. The molecule has 0 aliphatic rings. The van der Waals surface area contributed by atoms with Crippen LogP contribution in [-0.2, 0) is 4.79 Å². The van der Waals surface area contributed by atoms with Gasteiger partial charge in [-0.1, -0.05) is 26.8 Å². The maximum absolute atomic E-state index is 13.2. The Labute approximate surface area is 99.6 Å². The van der Waals surface area contributed by atoms with Crippen molar-refractivity contribution in [1.82, 2.24) is 0 Å². The van der Waals surface area contributed by atoms with Gasteiger partial charge in [-0.25, -0.2) is 8.78 Å². The lowest BCUT2D eigenvalue weighted by atomic mass is 9.90. The number of carbonyl (C=O) groups is 1. The fourth-order valence-corrected chi connectivity index (χ4v) is 1.42. The first-order valence-electron chi connectivity index (χ1n) is 5.38. The Morgan fingerprint density at radius 1 is 1.24 bits per heavy atom. The maximum Gasteiger partial charge on any atom is 0.191 e. The van der Waals surface area contributed by atoms with Gasteiger partial charge >= 0.3 is 0 Å². The molecule has 4 heteroatoms. The van der Waals surface area contributed by atoms with Crippen molar-refractivity contribution in [2.24, 2.45) is 5.41 Å². The van der Waals surface area contributed by atoms with E-state index in [-0.39, 0.29) is 17.8 Å². The van der Waals surface area contributed by atoms with Crippen molar-refractivity contribution < 1.29 is 18.3 Å². The van der Waals surface area contributed by atoms with Gasteiger partial charge in [0.15, 0.2) is 23.2 Å². The average molecular weight is 242 g/mol. The molecule has 0 radical (unpaired) electrons. The van der Waals surface area contributed by atoms with Crippen LogP contribution in [0.2, 0.25) is 0 Å². The lowest BCUT2D eigenvalue weighted by molar-refractivity contribution is -0.122. The monoisotopic (exact) mass is 242 g/mol. The van der Waals surface area contributed by atoms with Crippen LogP contribution in [-0.4, -0.2) is 12.4 Å². The molecular formula is C13H16F2O2. The van der Waals surface area contributed by atoms with E-state index in [4.69, 9.17) is 4.74 Å². The van der Waals surface area contributed by atoms with Gasteiger partial charge < -0.3 is 4.74 Å². The fourth-order valence-electron chi connectivity index (χ4n) is 1.42. The van der Waals surface area contributed by atoms with Crippen molar-refractivity contribution in [3.05, 3.63) is 29.8 Å². The largest absolute Gasteiger partial charge is 0.480 e. The van der Waals surface area contributed by atoms with Crippen molar-refractivity contribution in [1.29, 1.82) is 0 Å². The zero-order valence-electron chi connectivity index (χ0n) is 10.2. The summed E-state index contributed by atoms with van der Waals surface area (Å²) in [7, 11) is 0. The molecule has 0 atom stereocenters. The number of carbonyl (C=O) groups excluding carboxylic acids is 1. The van der Waals surface area contributed by atoms with Gasteiger partial charge in [-0.15, -0.1) is 0 Å². The molecule has 1 aromatic carbocycles. The van der Waals surface area contributed by atoms with Gasteiger partial charge in [0.25, 0.3) is 0 Å². The summed E-state index contributed by atoms with van der Waals surface area (Å²) in [6, 6.07) is 3.42. The third-order valence-corrected chi connectivity index (χ3v) is 2.02. The standard InChI is InChI=1S/C13H16F2O2/c1-13(2,3)7-9(16)8-17-12-10(14)5-4-6-11(12)15/h4-6H,7-8H2,1-3H3. The van der Waals surface area contributed by atoms with E-state index in [1.54, 1.807) is 0 Å². The molecule has 17 heavy (non-hydrogen) atoms. The van der Waals surface area contributed by atoms with Gasteiger partial charge in [0.1, 0.15) is 6.61 Å². The Bertz CT molecular complexity index is 388. The molecule has 94 valence electrons. The quantitative estimate of drug-likeness (QED) is 0.809. The summed E-state index contributed by atoms with van der Waals surface area (Å²) in [6.45, 7) is 5.42. The fraction of sp³-hybridized carbons (Fsp3) is 0.462. The Morgan fingerprint density at radius 3 is 2.24 bits per heavy atom. The number of rotatable bonds is 4. The van der Waals surface area contributed by atoms with Gasteiger partial charge in [0.05, 0.1) is 0 Å². The summed E-state index contributed by atoms with van der Waals surface area (Å²) in [4.78, 5) is 11.5. The van der Waals surface area contributed by atoms with Crippen molar-refractivity contribution in [2.75, 3.05) is 6.61 Å². The highest BCUT2D eigenvalue weighted by Gasteiger charge is 2.17. The minimum absolute atomic E-state index is 0.159. The number of hydrogen-bond acceptors (Lipinski definition) is 2. The molecule has 0 aliphatic carbocycles. The van der Waals surface area contributed by atoms with Crippen LogP contribution < -0.4 is 4.74 Å². The maximum atomic E-state index is 13.2. The molecule has 0 saturated heterocycles. The molecule has 0 N–H and O–H groups in total. The van der Waals surface area contributed by atoms with Crippen LogP contribution in [0.5, 0.6) is 5.75 Å². The molecule has 0 saturated carbocycles. The lowest BCUT2D eigenvalue weighted by Crippen LogP contribution is -2.19. The molecule has 1 rings (SSSR count). The van der Waals surface area contributed by atoms with Crippen LogP contribution in [0.25, 0.3) is 0 Å². The highest BCUT2D eigenvalue weighted by Crippen LogP contribution is 2.22. The Morgan fingerprint density at radius 2 is 1.76 bits per heavy atom. The summed E-state index contributed by atoms with van der Waals surface area (Å²) in [5.74, 6) is -2.27. The van der Waals surface area contributed by atoms with Crippen molar-refractivity contribution in [3.63, 3.8) is 0 Å². The van der Waals surface area contributed by atoms with E-state index >= 15 is 0 Å². The normalized spacial score (nSPS) is 11.4. The molecule has 0 heterocycles. The van der Waals surface area contributed by atoms with Crippen molar-refractivity contribution in [2.45, 2.75) is 27.2 Å². The average Bonchev–Trinajstić information content (AvgIpc) is 2.14. The molecule has 0 spiro atoms. The second kappa shape index (κ2) is 5.25. The number of benzene rings is 1. The minimum atomic E-state index is -0.798. The molecule has 0 bridgehead atoms. The van der Waals surface area contributed by atoms with E-state index in [0.717, 1.165) is 12.1 Å². The molecule has 2 nitrogen and oxygen atoms in total. The second-order valence-electron chi connectivity index (χ2n) is 5.12. The van der Waals surface area contributed by atoms with Crippen molar-refractivity contribution >= 4 is 5.78 Å². The zero-order valence-corrected chi connectivity index (χ0v) is 10.2. The van der Waals surface area contributed by atoms with Crippen LogP contribution >= 0.6 is 0 Å². The van der Waals surface area contributed by atoms with E-state index in [1.165, 1.54) is 6.07 Å². The van der Waals surface area contributed by atoms with Gasteiger partial charge in [-0.2, -0.15) is 0 Å². The SMILES string of the molecule is CC(C)(C)CC(=O)COc1c(F)cccc1F. The number of halogens is 2. The third kappa shape index (κ3) is 4.51. The molecule has 0 unspecified atom stereocenters. The summed E-state index contributed by atoms with van der Waals surface area (Å²) in [5.41, 5.74) is -0.159. The van der Waals surface area contributed by atoms with E-state index < -0.39 is 17.4 Å². The first-order chi connectivity index (χ1) is 7.79. The predicted molar refractivity (Wildman–Crippen MR) is 60.9 cm³/mol. The van der Waals surface area contributed by atoms with Crippen LogP contribution in [0.1, 0.15) is 27.2 Å². The van der Waals surface area contributed by atoms with Crippen LogP contribution in [0.15, 0.2) is 18.2 Å². The lowest BCUT2D eigenvalue weighted by Gasteiger charge is -2.17. The highest BCUT2D eigenvalue weighted by molar-refractivity contribution is 5.80. The highest BCUT2D eigenvalue weighted by atomic mass is 19.1. The topological polar surface area (TPSA) is 26.3 Å². The number of hydrogen-bond donors (Lipinski definition) is 0. The van der Waals surface area contributed by atoms with Crippen LogP contribution in [0.3, 0.4) is 0 Å². The summed E-state index contributed by atoms with van der Waals surface area (Å²) in [5, 5.41) is 0. The molecule has 0 aromatic heterocycles.